The Morgan fingerprint density at radius 1 is 1.36 bits per heavy atom. The highest BCUT2D eigenvalue weighted by Gasteiger charge is 2.47. The van der Waals surface area contributed by atoms with E-state index >= 15 is 0 Å². The van der Waals surface area contributed by atoms with Crippen molar-refractivity contribution in [1.82, 2.24) is 4.90 Å². The number of amides is 1. The summed E-state index contributed by atoms with van der Waals surface area (Å²) in [5.41, 5.74) is 0.698. The molecule has 2 fully saturated rings. The van der Waals surface area contributed by atoms with E-state index in [1.165, 1.54) is 23.9 Å². The molecule has 2 heterocycles. The molecule has 0 aliphatic carbocycles. The largest absolute Gasteiger partial charge is 0.349 e. The van der Waals surface area contributed by atoms with E-state index in [2.05, 4.69) is 4.99 Å². The Labute approximate surface area is 132 Å². The number of halogens is 1. The number of carbonyl (C=O) groups is 1. The lowest BCUT2D eigenvalue weighted by atomic mass is 10.1. The lowest BCUT2D eigenvalue weighted by molar-refractivity contribution is -0.117. The molecule has 2 atom stereocenters. The molecule has 0 unspecified atom stereocenters. The highest BCUT2D eigenvalue weighted by molar-refractivity contribution is 8.15. The number of thioether (sulfide) groups is 1. The zero-order valence-electron chi connectivity index (χ0n) is 11.9. The molecule has 2 aliphatic rings. The average Bonchev–Trinajstić information content (AvgIpc) is 2.87. The van der Waals surface area contributed by atoms with Gasteiger partial charge in [0.2, 0.25) is 0 Å². The van der Waals surface area contributed by atoms with Gasteiger partial charge in [-0.1, -0.05) is 23.9 Å². The maximum Gasteiger partial charge on any atom is 0.252 e. The molecule has 0 radical (unpaired) electrons. The van der Waals surface area contributed by atoms with Gasteiger partial charge in [0.15, 0.2) is 15.0 Å². The minimum absolute atomic E-state index is 0.0487. The van der Waals surface area contributed by atoms with Crippen molar-refractivity contribution in [1.29, 1.82) is 0 Å². The molecule has 0 spiro atoms. The van der Waals surface area contributed by atoms with Gasteiger partial charge in [0.1, 0.15) is 5.82 Å². The van der Waals surface area contributed by atoms with Crippen LogP contribution < -0.4 is 0 Å². The normalized spacial score (nSPS) is 28.1. The van der Waals surface area contributed by atoms with Crippen LogP contribution in [0.3, 0.4) is 0 Å². The van der Waals surface area contributed by atoms with E-state index in [4.69, 9.17) is 0 Å². The molecule has 0 aromatic heterocycles. The second-order valence-electron chi connectivity index (χ2n) is 5.50. The van der Waals surface area contributed by atoms with E-state index in [0.717, 1.165) is 0 Å². The number of rotatable bonds is 2. The van der Waals surface area contributed by atoms with Gasteiger partial charge in [0.25, 0.3) is 5.91 Å². The lowest BCUT2D eigenvalue weighted by Gasteiger charge is -2.17. The number of carbonyl (C=O) groups excluding carboxylic acids is 1. The topological polar surface area (TPSA) is 66.8 Å². The van der Waals surface area contributed by atoms with E-state index < -0.39 is 9.84 Å². The summed E-state index contributed by atoms with van der Waals surface area (Å²) >= 11 is 1.35. The van der Waals surface area contributed by atoms with Gasteiger partial charge in [0.05, 0.1) is 24.0 Å². The first-order chi connectivity index (χ1) is 10.3. The fourth-order valence-electron chi connectivity index (χ4n) is 2.66. The van der Waals surface area contributed by atoms with Crippen molar-refractivity contribution in [2.24, 2.45) is 4.99 Å². The monoisotopic (exact) mass is 342 g/mol. The first kappa shape index (κ1) is 15.5. The Hall–Kier alpha value is -1.41. The number of aliphatic imine (C=N–C) groups is 1. The number of nitrogens with zero attached hydrogens (tertiary/aromatic N) is 2. The SMILES string of the molecule is CN1C(=NC(=O)Cc2ccc(F)cc2)S[C@@H]2CS(=O)(=O)C[C@H]21. The van der Waals surface area contributed by atoms with Gasteiger partial charge >= 0.3 is 0 Å². The number of sulfone groups is 1. The van der Waals surface area contributed by atoms with Crippen LogP contribution in [-0.2, 0) is 21.1 Å². The number of fused-ring (bicyclic) bond motifs is 1. The van der Waals surface area contributed by atoms with Crippen LogP contribution >= 0.6 is 11.8 Å². The van der Waals surface area contributed by atoms with Crippen molar-refractivity contribution in [3.63, 3.8) is 0 Å². The summed E-state index contributed by atoms with van der Waals surface area (Å²) in [5.74, 6) is -0.407. The average molecular weight is 342 g/mol. The quantitative estimate of drug-likeness (QED) is 0.805. The second-order valence-corrected chi connectivity index (χ2v) is 8.86. The van der Waals surface area contributed by atoms with Gasteiger partial charge in [-0.05, 0) is 17.7 Å². The van der Waals surface area contributed by atoms with Crippen molar-refractivity contribution in [3.05, 3.63) is 35.6 Å². The molecule has 2 saturated heterocycles. The third-order valence-corrected chi connectivity index (χ3v) is 7.12. The molecule has 0 N–H and O–H groups in total. The van der Waals surface area contributed by atoms with E-state index in [1.54, 1.807) is 24.1 Å². The minimum atomic E-state index is -2.98. The van der Waals surface area contributed by atoms with Crippen LogP contribution in [0, 0.1) is 5.82 Å². The van der Waals surface area contributed by atoms with Crippen molar-refractivity contribution >= 4 is 32.7 Å². The van der Waals surface area contributed by atoms with Crippen LogP contribution in [0.15, 0.2) is 29.3 Å². The van der Waals surface area contributed by atoms with Gasteiger partial charge in [-0.25, -0.2) is 12.8 Å². The molecule has 8 heteroatoms. The molecule has 3 rings (SSSR count). The van der Waals surface area contributed by atoms with Gasteiger partial charge in [-0.3, -0.25) is 4.79 Å². The Balaban J connectivity index is 1.68. The molecule has 0 saturated carbocycles. The molecule has 2 aliphatic heterocycles. The van der Waals surface area contributed by atoms with Gasteiger partial charge in [-0.15, -0.1) is 0 Å². The predicted octanol–water partition coefficient (Wildman–Crippen LogP) is 1.09. The highest BCUT2D eigenvalue weighted by atomic mass is 32.2. The number of amidine groups is 1. The molecular weight excluding hydrogens is 327 g/mol. The van der Waals surface area contributed by atoms with E-state index in [-0.39, 0.29) is 40.9 Å². The molecule has 0 bridgehead atoms. The Morgan fingerprint density at radius 2 is 2.05 bits per heavy atom. The summed E-state index contributed by atoms with van der Waals surface area (Å²) in [5, 5.41) is 0.518. The fourth-order valence-corrected chi connectivity index (χ4v) is 6.67. The second kappa shape index (κ2) is 5.66. The molecule has 118 valence electrons. The zero-order chi connectivity index (χ0) is 15.9. The number of hydrogen-bond donors (Lipinski definition) is 0. The van der Waals surface area contributed by atoms with Gasteiger partial charge < -0.3 is 4.90 Å². The van der Waals surface area contributed by atoms with Crippen LogP contribution in [0.5, 0.6) is 0 Å². The Bertz CT molecular complexity index is 731. The molecule has 1 aromatic rings. The van der Waals surface area contributed by atoms with Crippen LogP contribution in [0.2, 0.25) is 0 Å². The summed E-state index contributed by atoms with van der Waals surface area (Å²) < 4.78 is 36.0. The van der Waals surface area contributed by atoms with Crippen LogP contribution in [0.25, 0.3) is 0 Å². The molecule has 5 nitrogen and oxygen atoms in total. The molecule has 1 aromatic carbocycles. The van der Waals surface area contributed by atoms with Crippen molar-refractivity contribution in [3.8, 4) is 0 Å². The summed E-state index contributed by atoms with van der Waals surface area (Å²) in [7, 11) is -1.21. The van der Waals surface area contributed by atoms with Crippen molar-refractivity contribution < 1.29 is 17.6 Å². The van der Waals surface area contributed by atoms with Crippen LogP contribution in [-0.4, -0.2) is 54.2 Å². The predicted molar refractivity (Wildman–Crippen MR) is 84.1 cm³/mol. The summed E-state index contributed by atoms with van der Waals surface area (Å²) in [6, 6.07) is 5.62. The van der Waals surface area contributed by atoms with E-state index in [1.807, 2.05) is 0 Å². The Morgan fingerprint density at radius 3 is 2.68 bits per heavy atom. The molecule has 22 heavy (non-hydrogen) atoms. The molecular formula is C14H15FN2O3S2. The Kier molecular flexibility index (Phi) is 3.98. The van der Waals surface area contributed by atoms with Crippen LogP contribution in [0.1, 0.15) is 5.56 Å². The fraction of sp³-hybridized carbons (Fsp3) is 0.429. The van der Waals surface area contributed by atoms with Crippen molar-refractivity contribution in [2.45, 2.75) is 17.7 Å². The minimum Gasteiger partial charge on any atom is -0.349 e. The van der Waals surface area contributed by atoms with Gasteiger partial charge in [-0.2, -0.15) is 4.99 Å². The third-order valence-electron chi connectivity index (χ3n) is 3.82. The number of benzene rings is 1. The van der Waals surface area contributed by atoms with E-state index in [9.17, 15) is 17.6 Å². The highest BCUT2D eigenvalue weighted by Crippen LogP contribution is 2.36. The number of hydrogen-bond acceptors (Lipinski definition) is 4. The van der Waals surface area contributed by atoms with Gasteiger partial charge in [0, 0.05) is 12.3 Å². The van der Waals surface area contributed by atoms with Crippen LogP contribution in [0.4, 0.5) is 4.39 Å². The summed E-state index contributed by atoms with van der Waals surface area (Å²) in [6.07, 6.45) is 0.103. The summed E-state index contributed by atoms with van der Waals surface area (Å²) in [4.78, 5) is 17.9. The smallest absolute Gasteiger partial charge is 0.252 e. The first-order valence-electron chi connectivity index (χ1n) is 6.80. The molecule has 1 amide bonds. The first-order valence-corrected chi connectivity index (χ1v) is 9.50. The zero-order valence-corrected chi connectivity index (χ0v) is 13.5. The van der Waals surface area contributed by atoms with E-state index in [0.29, 0.717) is 10.7 Å². The standard InChI is InChI=1S/C14H15FN2O3S2/c1-17-11-7-22(19,20)8-12(11)21-14(17)16-13(18)6-9-2-4-10(15)5-3-9/h2-5,11-12H,6-8H2,1H3/t11-,12-/m1/s1. The maximum atomic E-state index is 12.8. The van der Waals surface area contributed by atoms with Crippen molar-refractivity contribution in [2.75, 3.05) is 18.6 Å². The lowest BCUT2D eigenvalue weighted by Crippen LogP contribution is -2.34. The third kappa shape index (κ3) is 3.17. The summed E-state index contributed by atoms with van der Waals surface area (Å²) in [6.45, 7) is 0. The maximum absolute atomic E-state index is 12.8.